The lowest BCUT2D eigenvalue weighted by Gasteiger charge is -2.48. The summed E-state index contributed by atoms with van der Waals surface area (Å²) in [6.45, 7) is 2.17. The fraction of sp³-hybridized carbons (Fsp3) is 0.519. The lowest BCUT2D eigenvalue weighted by molar-refractivity contribution is -0.134. The second kappa shape index (κ2) is 7.89. The smallest absolute Gasteiger partial charge is 0.142 e. The summed E-state index contributed by atoms with van der Waals surface area (Å²) in [4.78, 5) is 30.4. The van der Waals surface area contributed by atoms with Crippen molar-refractivity contribution in [1.29, 1.82) is 0 Å². The van der Waals surface area contributed by atoms with Crippen molar-refractivity contribution < 1.29 is 14.7 Å². The Balaban J connectivity index is 1.29. The maximum Gasteiger partial charge on any atom is 0.142 e. The molecule has 1 N–H and O–H groups in total. The van der Waals surface area contributed by atoms with Crippen LogP contribution in [0.4, 0.5) is 0 Å². The molecule has 4 nitrogen and oxygen atoms in total. The molecular weight excluding hydrogens is 386 g/mol. The van der Waals surface area contributed by atoms with Crippen LogP contribution in [-0.2, 0) is 22.4 Å². The van der Waals surface area contributed by atoms with Crippen LogP contribution in [0.3, 0.4) is 0 Å². The van der Waals surface area contributed by atoms with E-state index < -0.39 is 0 Å². The van der Waals surface area contributed by atoms with E-state index in [1.165, 1.54) is 11.1 Å². The van der Waals surface area contributed by atoms with Gasteiger partial charge in [-0.2, -0.15) is 0 Å². The fourth-order valence-corrected chi connectivity index (χ4v) is 6.88. The Morgan fingerprint density at radius 3 is 2.90 bits per heavy atom. The Kier molecular flexibility index (Phi) is 5.19. The minimum absolute atomic E-state index is 0.119. The number of hydrogen-bond acceptors (Lipinski definition) is 4. The number of fused-ring (bicyclic) bond motifs is 5. The third-order valence-corrected chi connectivity index (χ3v) is 8.43. The van der Waals surface area contributed by atoms with Gasteiger partial charge in [-0.05, 0) is 91.7 Å². The molecule has 4 heteroatoms. The zero-order chi connectivity index (χ0) is 21.6. The van der Waals surface area contributed by atoms with Gasteiger partial charge >= 0.3 is 0 Å². The number of carbonyl (C=O) groups is 2. The molecule has 0 saturated heterocycles. The highest BCUT2D eigenvalue weighted by Gasteiger charge is 2.58. The summed E-state index contributed by atoms with van der Waals surface area (Å²) >= 11 is 0. The van der Waals surface area contributed by atoms with Crippen LogP contribution >= 0.6 is 0 Å². The van der Waals surface area contributed by atoms with Crippen molar-refractivity contribution >= 4 is 11.6 Å². The van der Waals surface area contributed by atoms with Crippen molar-refractivity contribution in [3.8, 4) is 5.75 Å². The Morgan fingerprint density at radius 1 is 1.23 bits per heavy atom. The normalized spacial score (nSPS) is 31.6. The van der Waals surface area contributed by atoms with Crippen LogP contribution in [0.2, 0.25) is 0 Å². The Bertz CT molecular complexity index is 1000. The SMILES string of the molecule is C[C@]12CCC3c4ccc(O)cc4CCC3C1CC(CC(=O)CCc1ccccn1)C2=O. The van der Waals surface area contributed by atoms with Gasteiger partial charge in [-0.3, -0.25) is 14.6 Å². The number of phenolic OH excluding ortho intramolecular Hbond substituents is 1. The molecule has 3 aliphatic carbocycles. The fourth-order valence-electron chi connectivity index (χ4n) is 6.88. The van der Waals surface area contributed by atoms with Gasteiger partial charge < -0.3 is 5.11 Å². The first-order valence-electron chi connectivity index (χ1n) is 11.7. The number of aryl methyl sites for hydroxylation is 2. The number of ketones is 2. The minimum Gasteiger partial charge on any atom is -0.508 e. The lowest BCUT2D eigenvalue weighted by Crippen LogP contribution is -2.42. The molecule has 0 bridgehead atoms. The van der Waals surface area contributed by atoms with Gasteiger partial charge in [-0.15, -0.1) is 0 Å². The number of aromatic nitrogens is 1. The maximum absolute atomic E-state index is 13.4. The number of Topliss-reactive ketones (excluding diaryl/α,β-unsaturated/α-hetero) is 2. The van der Waals surface area contributed by atoms with Crippen LogP contribution in [0.15, 0.2) is 42.6 Å². The number of aromatic hydroxyl groups is 1. The van der Waals surface area contributed by atoms with Crippen LogP contribution < -0.4 is 0 Å². The molecule has 0 spiro atoms. The average molecular weight is 418 g/mol. The van der Waals surface area contributed by atoms with Gasteiger partial charge in [0.25, 0.3) is 0 Å². The average Bonchev–Trinajstić information content (AvgIpc) is 3.03. The highest BCUT2D eigenvalue weighted by molar-refractivity contribution is 5.93. The molecule has 2 saturated carbocycles. The molecule has 3 aliphatic rings. The van der Waals surface area contributed by atoms with Crippen molar-refractivity contribution in [3.05, 3.63) is 59.4 Å². The van der Waals surface area contributed by atoms with Gasteiger partial charge in [0.1, 0.15) is 17.3 Å². The number of hydrogen-bond donors (Lipinski definition) is 1. The quantitative estimate of drug-likeness (QED) is 0.741. The molecule has 1 aromatic carbocycles. The summed E-state index contributed by atoms with van der Waals surface area (Å²) in [7, 11) is 0. The number of nitrogens with zero attached hydrogens (tertiary/aromatic N) is 1. The van der Waals surface area contributed by atoms with Crippen molar-refractivity contribution in [1.82, 2.24) is 4.98 Å². The number of pyridine rings is 1. The predicted octanol–water partition coefficient (Wildman–Crippen LogP) is 5.03. The second-order valence-corrected chi connectivity index (χ2v) is 10.1. The number of carbonyl (C=O) groups excluding carboxylic acids is 2. The molecule has 2 aromatic rings. The lowest BCUT2D eigenvalue weighted by atomic mass is 9.55. The largest absolute Gasteiger partial charge is 0.508 e. The molecule has 0 radical (unpaired) electrons. The van der Waals surface area contributed by atoms with Gasteiger partial charge in [-0.1, -0.05) is 19.1 Å². The summed E-state index contributed by atoms with van der Waals surface area (Å²) in [6, 6.07) is 11.6. The summed E-state index contributed by atoms with van der Waals surface area (Å²) in [5.41, 5.74) is 3.31. The highest BCUT2D eigenvalue weighted by atomic mass is 16.3. The van der Waals surface area contributed by atoms with Crippen molar-refractivity contribution in [2.24, 2.45) is 23.2 Å². The Labute approximate surface area is 184 Å². The van der Waals surface area contributed by atoms with Gasteiger partial charge in [0.05, 0.1) is 0 Å². The van der Waals surface area contributed by atoms with E-state index in [2.05, 4.69) is 18.0 Å². The standard InChI is InChI=1S/C27H31NO3/c1-27-12-11-23-22-10-8-21(30)14-17(22)5-9-24(23)25(27)16-18(26(27)31)15-20(29)7-6-19-4-2-3-13-28-19/h2-4,8,10,13-14,18,23-25,30H,5-7,9,11-12,15-16H2,1H3/t18?,23?,24?,25?,27-/m0/s1. The molecule has 0 aliphatic heterocycles. The molecule has 162 valence electrons. The van der Waals surface area contributed by atoms with Crippen LogP contribution in [0.1, 0.15) is 68.2 Å². The summed E-state index contributed by atoms with van der Waals surface area (Å²) in [5, 5.41) is 9.86. The molecule has 5 atom stereocenters. The third-order valence-electron chi connectivity index (χ3n) is 8.43. The molecule has 31 heavy (non-hydrogen) atoms. The molecule has 2 fully saturated rings. The molecule has 0 amide bonds. The summed E-state index contributed by atoms with van der Waals surface area (Å²) in [6.07, 6.45) is 8.11. The van der Waals surface area contributed by atoms with E-state index in [1.54, 1.807) is 12.3 Å². The second-order valence-electron chi connectivity index (χ2n) is 10.1. The van der Waals surface area contributed by atoms with Gasteiger partial charge in [0.15, 0.2) is 0 Å². The van der Waals surface area contributed by atoms with E-state index in [4.69, 9.17) is 0 Å². The number of rotatable bonds is 5. The minimum atomic E-state index is -0.276. The third kappa shape index (κ3) is 3.60. The van der Waals surface area contributed by atoms with Crippen molar-refractivity contribution in [3.63, 3.8) is 0 Å². The molecule has 1 aromatic heterocycles. The van der Waals surface area contributed by atoms with Gasteiger partial charge in [0, 0.05) is 36.1 Å². The Morgan fingerprint density at radius 2 is 2.10 bits per heavy atom. The van der Waals surface area contributed by atoms with E-state index in [-0.39, 0.29) is 17.1 Å². The first-order chi connectivity index (χ1) is 15.0. The van der Waals surface area contributed by atoms with Gasteiger partial charge in [0.2, 0.25) is 0 Å². The molecule has 5 rings (SSSR count). The van der Waals surface area contributed by atoms with Crippen LogP contribution in [-0.4, -0.2) is 21.7 Å². The maximum atomic E-state index is 13.4. The first-order valence-corrected chi connectivity index (χ1v) is 11.7. The zero-order valence-corrected chi connectivity index (χ0v) is 18.2. The summed E-state index contributed by atoms with van der Waals surface area (Å²) < 4.78 is 0. The van der Waals surface area contributed by atoms with E-state index in [9.17, 15) is 14.7 Å². The van der Waals surface area contributed by atoms with Crippen molar-refractivity contribution in [2.45, 2.75) is 64.2 Å². The monoisotopic (exact) mass is 417 g/mol. The molecule has 4 unspecified atom stereocenters. The number of phenols is 1. The van der Waals surface area contributed by atoms with E-state index >= 15 is 0 Å². The molecular formula is C27H31NO3. The van der Waals surface area contributed by atoms with E-state index in [1.807, 2.05) is 24.3 Å². The highest BCUT2D eigenvalue weighted by Crippen LogP contribution is 2.61. The number of benzene rings is 1. The molecule has 1 heterocycles. The van der Waals surface area contributed by atoms with Gasteiger partial charge in [-0.25, -0.2) is 0 Å². The Hall–Kier alpha value is -2.49. The topological polar surface area (TPSA) is 67.3 Å². The van der Waals surface area contributed by atoms with Crippen LogP contribution in [0, 0.1) is 23.2 Å². The van der Waals surface area contributed by atoms with E-state index in [0.717, 1.165) is 37.8 Å². The first kappa shape index (κ1) is 20.4. The summed E-state index contributed by atoms with van der Waals surface area (Å²) in [5.74, 6) is 2.10. The van der Waals surface area contributed by atoms with Crippen LogP contribution in [0.5, 0.6) is 5.75 Å². The van der Waals surface area contributed by atoms with Crippen molar-refractivity contribution in [2.75, 3.05) is 0 Å². The predicted molar refractivity (Wildman–Crippen MR) is 119 cm³/mol. The zero-order valence-electron chi connectivity index (χ0n) is 18.2. The van der Waals surface area contributed by atoms with E-state index in [0.29, 0.717) is 48.5 Å². The van der Waals surface area contributed by atoms with Crippen LogP contribution in [0.25, 0.3) is 0 Å².